The van der Waals surface area contributed by atoms with Gasteiger partial charge in [0.2, 0.25) is 0 Å². The number of aryl methyl sites for hydroxylation is 2. The second kappa shape index (κ2) is 6.04. The van der Waals surface area contributed by atoms with Crippen molar-refractivity contribution in [3.8, 4) is 34.3 Å². The standard InChI is InChI=1S/C18H18N2O3/c1-11-4-5-12(2)16(8-11)23-17-10-19-20-18(17)14-7-6-13(22-3)9-15(14)21/h4-10,21H,1-3H3,(H,19,20). The number of benzene rings is 2. The number of aromatic hydroxyl groups is 1. The molecule has 5 nitrogen and oxygen atoms in total. The first-order chi connectivity index (χ1) is 11.1. The van der Waals surface area contributed by atoms with Crippen LogP contribution in [-0.4, -0.2) is 22.4 Å². The summed E-state index contributed by atoms with van der Waals surface area (Å²) in [5.74, 6) is 2.00. The highest BCUT2D eigenvalue weighted by Crippen LogP contribution is 2.38. The Bertz CT molecular complexity index is 840. The van der Waals surface area contributed by atoms with Gasteiger partial charge in [-0.1, -0.05) is 12.1 Å². The topological polar surface area (TPSA) is 67.4 Å². The smallest absolute Gasteiger partial charge is 0.173 e. The Balaban J connectivity index is 1.98. The van der Waals surface area contributed by atoms with E-state index >= 15 is 0 Å². The van der Waals surface area contributed by atoms with Crippen molar-refractivity contribution in [2.75, 3.05) is 7.11 Å². The first-order valence-corrected chi connectivity index (χ1v) is 7.24. The molecule has 0 saturated carbocycles. The molecule has 0 aliphatic carbocycles. The Morgan fingerprint density at radius 2 is 1.87 bits per heavy atom. The Kier molecular flexibility index (Phi) is 3.93. The number of rotatable bonds is 4. The molecule has 23 heavy (non-hydrogen) atoms. The Morgan fingerprint density at radius 3 is 2.61 bits per heavy atom. The molecule has 0 aliphatic rings. The Labute approximate surface area is 134 Å². The molecule has 0 radical (unpaired) electrons. The average Bonchev–Trinajstić information content (AvgIpc) is 2.98. The summed E-state index contributed by atoms with van der Waals surface area (Å²) in [6.07, 6.45) is 1.60. The summed E-state index contributed by atoms with van der Waals surface area (Å²) in [5, 5.41) is 17.1. The van der Waals surface area contributed by atoms with Gasteiger partial charge in [0, 0.05) is 11.6 Å². The van der Waals surface area contributed by atoms with Crippen LogP contribution in [0.3, 0.4) is 0 Å². The molecule has 1 heterocycles. The van der Waals surface area contributed by atoms with E-state index in [-0.39, 0.29) is 5.75 Å². The van der Waals surface area contributed by atoms with Crippen molar-refractivity contribution in [1.82, 2.24) is 10.2 Å². The molecule has 3 aromatic rings. The fourth-order valence-corrected chi connectivity index (χ4v) is 2.33. The second-order valence-electron chi connectivity index (χ2n) is 5.36. The quantitative estimate of drug-likeness (QED) is 0.758. The Morgan fingerprint density at radius 1 is 1.04 bits per heavy atom. The lowest BCUT2D eigenvalue weighted by atomic mass is 10.1. The van der Waals surface area contributed by atoms with E-state index in [1.54, 1.807) is 31.5 Å². The van der Waals surface area contributed by atoms with Crippen molar-refractivity contribution in [3.63, 3.8) is 0 Å². The van der Waals surface area contributed by atoms with E-state index in [2.05, 4.69) is 10.2 Å². The predicted octanol–water partition coefficient (Wildman–Crippen LogP) is 4.20. The van der Waals surface area contributed by atoms with Crippen LogP contribution in [0.1, 0.15) is 11.1 Å². The molecule has 0 atom stereocenters. The largest absolute Gasteiger partial charge is 0.507 e. The van der Waals surface area contributed by atoms with Gasteiger partial charge >= 0.3 is 0 Å². The van der Waals surface area contributed by atoms with Crippen molar-refractivity contribution in [2.24, 2.45) is 0 Å². The predicted molar refractivity (Wildman–Crippen MR) is 88.2 cm³/mol. The SMILES string of the molecule is COc1ccc(-c2[nH]ncc2Oc2cc(C)ccc2C)c(O)c1. The summed E-state index contributed by atoms with van der Waals surface area (Å²) in [5.41, 5.74) is 3.36. The zero-order chi connectivity index (χ0) is 16.4. The number of methoxy groups -OCH3 is 1. The molecule has 0 fully saturated rings. The maximum absolute atomic E-state index is 10.2. The minimum Gasteiger partial charge on any atom is -0.507 e. The molecule has 5 heteroatoms. The first-order valence-electron chi connectivity index (χ1n) is 7.24. The van der Waals surface area contributed by atoms with E-state index in [1.165, 1.54) is 0 Å². The number of hydrogen-bond donors (Lipinski definition) is 2. The van der Waals surface area contributed by atoms with Crippen LogP contribution in [-0.2, 0) is 0 Å². The van der Waals surface area contributed by atoms with E-state index in [0.29, 0.717) is 22.8 Å². The molecule has 1 aromatic heterocycles. The van der Waals surface area contributed by atoms with Crippen LogP contribution in [0.15, 0.2) is 42.6 Å². The average molecular weight is 310 g/mol. The maximum atomic E-state index is 10.2. The molecular formula is C18H18N2O3. The molecule has 2 aromatic carbocycles. The zero-order valence-corrected chi connectivity index (χ0v) is 13.3. The molecule has 0 aliphatic heterocycles. The minimum absolute atomic E-state index is 0.0967. The lowest BCUT2D eigenvalue weighted by Crippen LogP contribution is -1.90. The second-order valence-corrected chi connectivity index (χ2v) is 5.36. The number of H-pyrrole nitrogens is 1. The van der Waals surface area contributed by atoms with Gasteiger partial charge in [-0.25, -0.2) is 0 Å². The number of nitrogens with one attached hydrogen (secondary N) is 1. The fourth-order valence-electron chi connectivity index (χ4n) is 2.33. The van der Waals surface area contributed by atoms with Crippen LogP contribution in [0.4, 0.5) is 0 Å². The van der Waals surface area contributed by atoms with Gasteiger partial charge < -0.3 is 14.6 Å². The van der Waals surface area contributed by atoms with Gasteiger partial charge in [-0.3, -0.25) is 5.10 Å². The molecule has 3 rings (SSSR count). The number of aromatic nitrogens is 2. The van der Waals surface area contributed by atoms with Gasteiger partial charge in [-0.05, 0) is 43.2 Å². The lowest BCUT2D eigenvalue weighted by molar-refractivity contribution is 0.408. The third kappa shape index (κ3) is 2.99. The summed E-state index contributed by atoms with van der Waals surface area (Å²) in [6, 6.07) is 11.1. The molecule has 2 N–H and O–H groups in total. The van der Waals surface area contributed by atoms with Crippen molar-refractivity contribution >= 4 is 0 Å². The van der Waals surface area contributed by atoms with E-state index in [4.69, 9.17) is 9.47 Å². The highest BCUT2D eigenvalue weighted by atomic mass is 16.5. The molecule has 0 amide bonds. The van der Waals surface area contributed by atoms with Crippen molar-refractivity contribution in [2.45, 2.75) is 13.8 Å². The van der Waals surface area contributed by atoms with Gasteiger partial charge in [0.15, 0.2) is 5.75 Å². The van der Waals surface area contributed by atoms with Crippen LogP contribution in [0.25, 0.3) is 11.3 Å². The zero-order valence-electron chi connectivity index (χ0n) is 13.3. The van der Waals surface area contributed by atoms with Crippen LogP contribution in [0.2, 0.25) is 0 Å². The van der Waals surface area contributed by atoms with Gasteiger partial charge in [0.25, 0.3) is 0 Å². The maximum Gasteiger partial charge on any atom is 0.173 e. The summed E-state index contributed by atoms with van der Waals surface area (Å²) in [6.45, 7) is 4.00. The van der Waals surface area contributed by atoms with Gasteiger partial charge in [0.1, 0.15) is 22.9 Å². The number of aromatic amines is 1. The highest BCUT2D eigenvalue weighted by Gasteiger charge is 2.15. The van der Waals surface area contributed by atoms with Crippen molar-refractivity contribution in [3.05, 3.63) is 53.7 Å². The Hall–Kier alpha value is -2.95. The molecule has 0 saturated heterocycles. The summed E-state index contributed by atoms with van der Waals surface area (Å²) in [4.78, 5) is 0. The molecule has 0 spiro atoms. The summed E-state index contributed by atoms with van der Waals surface area (Å²) in [7, 11) is 1.56. The number of ether oxygens (including phenoxy) is 2. The normalized spacial score (nSPS) is 10.6. The van der Waals surface area contributed by atoms with E-state index < -0.39 is 0 Å². The van der Waals surface area contributed by atoms with Crippen LogP contribution >= 0.6 is 0 Å². The summed E-state index contributed by atoms with van der Waals surface area (Å²) >= 11 is 0. The van der Waals surface area contributed by atoms with Gasteiger partial charge in [-0.15, -0.1) is 0 Å². The van der Waals surface area contributed by atoms with Gasteiger partial charge in [0.05, 0.1) is 13.3 Å². The van der Waals surface area contributed by atoms with E-state index in [9.17, 15) is 5.11 Å². The van der Waals surface area contributed by atoms with Crippen molar-refractivity contribution < 1.29 is 14.6 Å². The molecule has 0 unspecified atom stereocenters. The molecule has 0 bridgehead atoms. The number of phenolic OH excluding ortho intramolecular Hbond substituents is 1. The van der Waals surface area contributed by atoms with Crippen LogP contribution in [0.5, 0.6) is 23.0 Å². The molecule has 118 valence electrons. The van der Waals surface area contributed by atoms with E-state index in [0.717, 1.165) is 16.9 Å². The minimum atomic E-state index is 0.0967. The van der Waals surface area contributed by atoms with Crippen molar-refractivity contribution in [1.29, 1.82) is 0 Å². The third-order valence-corrected chi connectivity index (χ3v) is 3.64. The number of phenols is 1. The highest BCUT2D eigenvalue weighted by molar-refractivity contribution is 5.73. The monoisotopic (exact) mass is 310 g/mol. The first kappa shape index (κ1) is 15.0. The molecular weight excluding hydrogens is 292 g/mol. The summed E-state index contributed by atoms with van der Waals surface area (Å²) < 4.78 is 11.1. The third-order valence-electron chi connectivity index (χ3n) is 3.64. The van der Waals surface area contributed by atoms with Crippen LogP contribution in [0, 0.1) is 13.8 Å². The number of nitrogens with zero attached hydrogens (tertiary/aromatic N) is 1. The fraction of sp³-hybridized carbons (Fsp3) is 0.167. The van der Waals surface area contributed by atoms with E-state index in [1.807, 2.05) is 32.0 Å². The van der Waals surface area contributed by atoms with Crippen LogP contribution < -0.4 is 9.47 Å². The lowest BCUT2D eigenvalue weighted by Gasteiger charge is -2.11. The van der Waals surface area contributed by atoms with Gasteiger partial charge in [-0.2, -0.15) is 5.10 Å². The number of hydrogen-bond acceptors (Lipinski definition) is 4.